The molecular formula is C32H35F6O5P. The van der Waals surface area contributed by atoms with Gasteiger partial charge in [0.2, 0.25) is 0 Å². The lowest BCUT2D eigenvalue weighted by atomic mass is 9.50. The molecule has 1 spiro atoms. The van der Waals surface area contributed by atoms with Crippen molar-refractivity contribution in [3.05, 3.63) is 64.8 Å². The highest BCUT2D eigenvalue weighted by molar-refractivity contribution is 7.62. The number of allylic oxidation sites excluding steroid dienone is 4. The normalized spacial score (nSPS) is 32.5. The molecule has 44 heavy (non-hydrogen) atoms. The maximum atomic E-state index is 13.3. The predicted octanol–water partition coefficient (Wildman–Crippen LogP) is 8.28. The Balaban J connectivity index is 1.41. The Morgan fingerprint density at radius 1 is 0.977 bits per heavy atom. The van der Waals surface area contributed by atoms with Crippen LogP contribution in [-0.4, -0.2) is 43.6 Å². The van der Waals surface area contributed by atoms with Crippen LogP contribution in [0.15, 0.2) is 59.2 Å². The fraction of sp³-hybridized carbons (Fsp3) is 0.594. The molecule has 1 aromatic rings. The summed E-state index contributed by atoms with van der Waals surface area (Å²) < 4.78 is 106. The molecule has 0 unspecified atom stereocenters. The third-order valence-corrected chi connectivity index (χ3v) is 12.5. The van der Waals surface area contributed by atoms with Crippen LogP contribution in [0.25, 0.3) is 0 Å². The van der Waals surface area contributed by atoms with Crippen molar-refractivity contribution in [2.45, 2.75) is 82.2 Å². The van der Waals surface area contributed by atoms with Gasteiger partial charge in [-0.1, -0.05) is 31.2 Å². The smallest absolute Gasteiger partial charge is 0.370 e. The van der Waals surface area contributed by atoms with E-state index in [4.69, 9.17) is 4.74 Å². The topological polar surface area (TPSA) is 61.8 Å². The lowest BCUT2D eigenvalue weighted by Gasteiger charge is -2.55. The quantitative estimate of drug-likeness (QED) is 0.177. The molecule has 0 radical (unpaired) electrons. The van der Waals surface area contributed by atoms with Gasteiger partial charge in [0.05, 0.1) is 17.5 Å². The van der Waals surface area contributed by atoms with E-state index in [0.29, 0.717) is 31.8 Å². The number of benzene rings is 1. The van der Waals surface area contributed by atoms with E-state index in [0.717, 1.165) is 48.8 Å². The zero-order valence-corrected chi connectivity index (χ0v) is 25.3. The van der Waals surface area contributed by atoms with Crippen molar-refractivity contribution in [3.63, 3.8) is 0 Å². The van der Waals surface area contributed by atoms with Crippen LogP contribution in [-0.2, 0) is 23.1 Å². The van der Waals surface area contributed by atoms with Crippen molar-refractivity contribution in [2.24, 2.45) is 17.3 Å². The second-order valence-electron chi connectivity index (χ2n) is 12.9. The molecule has 1 saturated heterocycles. The summed E-state index contributed by atoms with van der Waals surface area (Å²) in [6.45, 7) is 3.24. The van der Waals surface area contributed by atoms with Gasteiger partial charge in [-0.2, -0.15) is 26.3 Å². The zero-order chi connectivity index (χ0) is 31.7. The van der Waals surface area contributed by atoms with E-state index in [1.165, 1.54) is 23.3 Å². The third-order valence-electron chi connectivity index (χ3n) is 10.6. The number of rotatable bonds is 6. The first-order chi connectivity index (χ1) is 20.6. The lowest BCUT2D eigenvalue weighted by molar-refractivity contribution is -0.164. The largest absolute Gasteiger partial charge is 0.412 e. The van der Waals surface area contributed by atoms with Crippen LogP contribution in [0, 0.1) is 17.3 Å². The number of halogens is 6. The predicted molar refractivity (Wildman–Crippen MR) is 150 cm³/mol. The van der Waals surface area contributed by atoms with Crippen LogP contribution in [0.4, 0.5) is 26.3 Å². The molecule has 0 aromatic heterocycles. The minimum absolute atomic E-state index is 0.105. The summed E-state index contributed by atoms with van der Waals surface area (Å²) in [5.41, 5.74) is 4.67. The molecule has 0 amide bonds. The highest BCUT2D eigenvalue weighted by Gasteiger charge is 2.66. The Labute approximate surface area is 252 Å². The average Bonchev–Trinajstić information content (AvgIpc) is 3.49. The second kappa shape index (κ2) is 11.0. The van der Waals surface area contributed by atoms with Crippen LogP contribution < -0.4 is 5.30 Å². The van der Waals surface area contributed by atoms with Gasteiger partial charge in [0, 0.05) is 17.8 Å². The summed E-state index contributed by atoms with van der Waals surface area (Å²) in [5, 5.41) is -0.388. The fourth-order valence-electron chi connectivity index (χ4n) is 8.81. The van der Waals surface area contributed by atoms with Crippen LogP contribution in [0.1, 0.15) is 69.8 Å². The average molecular weight is 645 g/mol. The van der Waals surface area contributed by atoms with Crippen molar-refractivity contribution < 1.29 is 49.5 Å². The zero-order valence-electron chi connectivity index (χ0n) is 24.4. The molecule has 4 aliphatic carbocycles. The molecule has 1 aromatic carbocycles. The van der Waals surface area contributed by atoms with Crippen molar-refractivity contribution in [2.75, 3.05) is 19.8 Å². The fourth-order valence-corrected chi connectivity index (χ4v) is 10.3. The van der Waals surface area contributed by atoms with E-state index >= 15 is 0 Å². The molecule has 5 nitrogen and oxygen atoms in total. The summed E-state index contributed by atoms with van der Waals surface area (Å²) in [7, 11) is -4.98. The summed E-state index contributed by atoms with van der Waals surface area (Å²) in [5.74, 6) is 0.516. The minimum atomic E-state index is -4.98. The molecule has 5 atom stereocenters. The number of ether oxygens (including phenoxy) is 1. The molecule has 1 heterocycles. The highest BCUT2D eigenvalue weighted by Crippen LogP contribution is 2.70. The molecule has 2 saturated carbocycles. The second-order valence-corrected chi connectivity index (χ2v) is 15.0. The number of hydrogen-bond donors (Lipinski definition) is 0. The van der Waals surface area contributed by atoms with Gasteiger partial charge in [0.25, 0.3) is 0 Å². The molecule has 6 rings (SSSR count). The molecule has 0 bridgehead atoms. The van der Waals surface area contributed by atoms with Crippen LogP contribution in [0.2, 0.25) is 0 Å². The van der Waals surface area contributed by atoms with Crippen molar-refractivity contribution in [1.82, 2.24) is 0 Å². The Bertz CT molecular complexity index is 1440. The molecule has 3 fully saturated rings. The minimum Gasteiger partial charge on any atom is -0.370 e. The molecule has 1 aliphatic heterocycles. The first kappa shape index (κ1) is 31.8. The van der Waals surface area contributed by atoms with Gasteiger partial charge in [0.15, 0.2) is 19.0 Å². The Hall–Kier alpha value is -2.20. The summed E-state index contributed by atoms with van der Waals surface area (Å²) >= 11 is 0. The molecule has 12 heteroatoms. The Morgan fingerprint density at radius 2 is 1.64 bits per heavy atom. The molecule has 0 N–H and O–H groups in total. The van der Waals surface area contributed by atoms with Gasteiger partial charge in [0.1, 0.15) is 0 Å². The van der Waals surface area contributed by atoms with Gasteiger partial charge in [-0.25, -0.2) is 0 Å². The maximum absolute atomic E-state index is 13.3. The van der Waals surface area contributed by atoms with E-state index in [9.17, 15) is 35.7 Å². The van der Waals surface area contributed by atoms with Crippen molar-refractivity contribution in [3.8, 4) is 0 Å². The van der Waals surface area contributed by atoms with Crippen LogP contribution in [0.5, 0.6) is 0 Å². The summed E-state index contributed by atoms with van der Waals surface area (Å²) in [6.07, 6.45) is -2.03. The molecule has 5 aliphatic rings. The van der Waals surface area contributed by atoms with Gasteiger partial charge in [-0.05, 0) is 97.3 Å². The number of hydrogen-bond acceptors (Lipinski definition) is 5. The van der Waals surface area contributed by atoms with Crippen LogP contribution in [0.3, 0.4) is 0 Å². The molecule has 240 valence electrons. The highest BCUT2D eigenvalue weighted by atomic mass is 31.2. The number of ketones is 1. The van der Waals surface area contributed by atoms with Gasteiger partial charge < -0.3 is 4.74 Å². The van der Waals surface area contributed by atoms with E-state index in [2.05, 4.69) is 22.6 Å². The Morgan fingerprint density at radius 3 is 2.23 bits per heavy atom. The Kier molecular flexibility index (Phi) is 7.91. The van der Waals surface area contributed by atoms with Gasteiger partial charge in [-0.3, -0.25) is 18.4 Å². The van der Waals surface area contributed by atoms with E-state index < -0.39 is 38.8 Å². The monoisotopic (exact) mass is 644 g/mol. The van der Waals surface area contributed by atoms with Gasteiger partial charge in [-0.15, -0.1) is 0 Å². The first-order valence-corrected chi connectivity index (χ1v) is 16.5. The van der Waals surface area contributed by atoms with E-state index in [1.807, 2.05) is 0 Å². The molecular weight excluding hydrogens is 609 g/mol. The SMILES string of the molecule is C=C1CCO[C@]12CC[C@H]1[C@@H]3CCC4=CC(=O)CCC4=C3[C@@H](c3ccc(P(=O)(OCC(F)(F)F)OCC(F)(F)F)cc3)C[C@@]12C. The number of carbonyl (C=O) groups excluding carboxylic acids is 1. The first-order valence-electron chi connectivity index (χ1n) is 15.0. The summed E-state index contributed by atoms with van der Waals surface area (Å²) in [6, 6.07) is 5.70. The third kappa shape index (κ3) is 5.46. The summed E-state index contributed by atoms with van der Waals surface area (Å²) in [4.78, 5) is 12.3. The maximum Gasteiger partial charge on any atom is 0.412 e. The van der Waals surface area contributed by atoms with Gasteiger partial charge >= 0.3 is 19.9 Å². The standard InChI is InChI=1S/C32H35F6O5P/c1-19-12-14-41-30(19)13-11-27-25-9-5-21-15-22(39)6-10-24(21)28(25)26(16-29(27,30)2)20-3-7-23(8-4-20)44(40,42-17-31(33,34)35)43-18-32(36,37)38/h3-4,7-8,15,25-27H,1,5-6,9-14,16-18H2,2H3/t25-,26+,27-,29-,30+/m0/s1. The van der Waals surface area contributed by atoms with E-state index in [-0.39, 0.29) is 28.3 Å². The van der Waals surface area contributed by atoms with E-state index in [1.54, 1.807) is 18.2 Å². The number of fused-ring (bicyclic) bond motifs is 5. The number of carbonyl (C=O) groups is 1. The van der Waals surface area contributed by atoms with Crippen molar-refractivity contribution >= 4 is 18.7 Å². The lowest BCUT2D eigenvalue weighted by Crippen LogP contribution is -2.52. The number of alkyl halides is 6. The van der Waals surface area contributed by atoms with Crippen LogP contribution >= 0.6 is 7.60 Å². The van der Waals surface area contributed by atoms with Crippen molar-refractivity contribution in [1.29, 1.82) is 0 Å².